The van der Waals surface area contributed by atoms with Crippen molar-refractivity contribution in [1.29, 1.82) is 0 Å². The van der Waals surface area contributed by atoms with Gasteiger partial charge in [0.05, 0.1) is 13.5 Å². The minimum atomic E-state index is -4.20. The molecule has 0 aromatic carbocycles. The Morgan fingerprint density at radius 3 is 2.29 bits per heavy atom. The Kier molecular flexibility index (Phi) is 5.55. The Labute approximate surface area is 97.0 Å². The normalized spacial score (nSPS) is 12.8. The van der Waals surface area contributed by atoms with E-state index in [1.165, 1.54) is 0 Å². The van der Waals surface area contributed by atoms with Gasteiger partial charge >= 0.3 is 11.9 Å². The number of nitrogens with two attached hydrogens (primary N) is 1. The quantitative estimate of drug-likeness (QED) is 0.428. The summed E-state index contributed by atoms with van der Waals surface area (Å²) in [5, 5.41) is 8.63. The number of rotatable bonds is 7. The molecule has 0 aliphatic rings. The number of hydrogen-bond donors (Lipinski definition) is 3. The number of methoxy groups -OCH3 is 1. The average Bonchev–Trinajstić information content (AvgIpc) is 2.14. The molecule has 0 bridgehead atoms. The number of carboxylic acids is 1. The van der Waals surface area contributed by atoms with Crippen LogP contribution in [0.15, 0.2) is 0 Å². The van der Waals surface area contributed by atoms with Crippen LogP contribution in [0.3, 0.4) is 0 Å². The molecule has 10 heteroatoms. The van der Waals surface area contributed by atoms with Gasteiger partial charge in [-0.25, -0.2) is 8.42 Å². The third-order valence-corrected chi connectivity index (χ3v) is 2.82. The molecule has 0 heterocycles. The summed E-state index contributed by atoms with van der Waals surface area (Å²) in [6, 6.07) is -1.71. The van der Waals surface area contributed by atoms with Gasteiger partial charge in [-0.1, -0.05) is 0 Å². The highest BCUT2D eigenvalue weighted by atomic mass is 32.2. The molecular weight excluding hydrogens is 256 g/mol. The lowest BCUT2D eigenvalue weighted by atomic mass is 10.2. The van der Waals surface area contributed by atoms with Crippen molar-refractivity contribution in [2.75, 3.05) is 12.9 Å². The van der Waals surface area contributed by atoms with Crippen molar-refractivity contribution in [2.45, 2.75) is 12.5 Å². The molecule has 9 nitrogen and oxygen atoms in total. The minimum absolute atomic E-state index is 0.713. The van der Waals surface area contributed by atoms with Crippen LogP contribution in [0.5, 0.6) is 0 Å². The molecule has 0 rings (SSSR count). The van der Waals surface area contributed by atoms with E-state index in [4.69, 9.17) is 10.8 Å². The van der Waals surface area contributed by atoms with Gasteiger partial charge in [0.2, 0.25) is 15.9 Å². The molecule has 0 spiro atoms. The smallest absolute Gasteiger partial charge is 0.322 e. The number of amides is 1. The number of carbonyl (C=O) groups is 3. The molecule has 0 fully saturated rings. The van der Waals surface area contributed by atoms with Gasteiger partial charge in [0, 0.05) is 0 Å². The third kappa shape index (κ3) is 6.48. The number of carboxylic acid groups (broad SMARTS) is 1. The Balaban J connectivity index is 4.70. The van der Waals surface area contributed by atoms with Crippen LogP contribution in [0, 0.1) is 0 Å². The van der Waals surface area contributed by atoms with E-state index in [1.807, 2.05) is 0 Å². The van der Waals surface area contributed by atoms with E-state index in [0.717, 1.165) is 7.11 Å². The molecule has 0 aromatic heterocycles. The molecule has 17 heavy (non-hydrogen) atoms. The first-order valence-electron chi connectivity index (χ1n) is 4.26. The Hall–Kier alpha value is -1.68. The SMILES string of the molecule is COC(=O)CS(=O)(=O)NC(CC(N)=O)C(=O)O. The zero-order valence-electron chi connectivity index (χ0n) is 8.87. The van der Waals surface area contributed by atoms with Crippen molar-refractivity contribution in [3.8, 4) is 0 Å². The number of ether oxygens (including phenoxy) is 1. The Morgan fingerprint density at radius 1 is 1.41 bits per heavy atom. The minimum Gasteiger partial charge on any atom is -0.480 e. The van der Waals surface area contributed by atoms with Gasteiger partial charge in [0.25, 0.3) is 0 Å². The van der Waals surface area contributed by atoms with Crippen LogP contribution in [0.25, 0.3) is 0 Å². The number of sulfonamides is 1. The summed E-state index contributed by atoms with van der Waals surface area (Å²) in [6.07, 6.45) is -0.713. The van der Waals surface area contributed by atoms with Crippen LogP contribution >= 0.6 is 0 Å². The van der Waals surface area contributed by atoms with E-state index < -0.39 is 46.1 Å². The summed E-state index contributed by atoms with van der Waals surface area (Å²) in [7, 11) is -3.21. The molecule has 0 saturated carbocycles. The molecule has 1 unspecified atom stereocenters. The lowest BCUT2D eigenvalue weighted by molar-refractivity contribution is -0.141. The monoisotopic (exact) mass is 268 g/mol. The van der Waals surface area contributed by atoms with Crippen LogP contribution in [-0.4, -0.2) is 50.3 Å². The van der Waals surface area contributed by atoms with Gasteiger partial charge in [-0.05, 0) is 0 Å². The Morgan fingerprint density at radius 2 is 1.94 bits per heavy atom. The molecule has 1 amide bonds. The molecule has 1 atom stereocenters. The van der Waals surface area contributed by atoms with Crippen molar-refractivity contribution in [3.63, 3.8) is 0 Å². The van der Waals surface area contributed by atoms with Crippen molar-refractivity contribution < 1.29 is 32.6 Å². The van der Waals surface area contributed by atoms with Crippen molar-refractivity contribution in [1.82, 2.24) is 4.72 Å². The zero-order valence-corrected chi connectivity index (χ0v) is 9.69. The predicted molar refractivity (Wildman–Crippen MR) is 54.2 cm³/mol. The highest BCUT2D eigenvalue weighted by Gasteiger charge is 2.27. The Bertz CT molecular complexity index is 416. The molecule has 98 valence electrons. The number of aliphatic carboxylic acids is 1. The third-order valence-electron chi connectivity index (χ3n) is 1.56. The topological polar surface area (TPSA) is 153 Å². The summed E-state index contributed by atoms with van der Waals surface area (Å²) in [5.74, 6) is -4.65. The summed E-state index contributed by atoms with van der Waals surface area (Å²) in [5.41, 5.74) is 4.75. The van der Waals surface area contributed by atoms with Crippen molar-refractivity contribution in [2.24, 2.45) is 5.73 Å². The van der Waals surface area contributed by atoms with E-state index in [9.17, 15) is 22.8 Å². The van der Waals surface area contributed by atoms with Crippen molar-refractivity contribution in [3.05, 3.63) is 0 Å². The summed E-state index contributed by atoms with van der Waals surface area (Å²) in [6.45, 7) is 0. The van der Waals surface area contributed by atoms with E-state index in [1.54, 1.807) is 4.72 Å². The van der Waals surface area contributed by atoms with Gasteiger partial charge in [-0.15, -0.1) is 0 Å². The average molecular weight is 268 g/mol. The second-order valence-corrected chi connectivity index (χ2v) is 4.77. The number of primary amides is 1. The molecule has 4 N–H and O–H groups in total. The van der Waals surface area contributed by atoms with Crippen LogP contribution in [-0.2, 0) is 29.1 Å². The maximum atomic E-state index is 11.3. The first kappa shape index (κ1) is 15.3. The molecule has 0 radical (unpaired) electrons. The maximum Gasteiger partial charge on any atom is 0.322 e. The lowest BCUT2D eigenvalue weighted by Gasteiger charge is -2.12. The van der Waals surface area contributed by atoms with Crippen LogP contribution in [0.4, 0.5) is 0 Å². The molecule has 0 saturated heterocycles. The van der Waals surface area contributed by atoms with E-state index in [2.05, 4.69) is 4.74 Å². The summed E-state index contributed by atoms with van der Waals surface area (Å²) >= 11 is 0. The lowest BCUT2D eigenvalue weighted by Crippen LogP contribution is -2.45. The van der Waals surface area contributed by atoms with Gasteiger partial charge in [0.15, 0.2) is 5.75 Å². The van der Waals surface area contributed by atoms with Crippen LogP contribution < -0.4 is 10.5 Å². The van der Waals surface area contributed by atoms with Gasteiger partial charge in [0.1, 0.15) is 6.04 Å². The zero-order chi connectivity index (χ0) is 13.6. The fraction of sp³-hybridized carbons (Fsp3) is 0.571. The molecular formula is C7H12N2O7S. The van der Waals surface area contributed by atoms with Gasteiger partial charge in [-0.3, -0.25) is 14.4 Å². The fourth-order valence-corrected chi connectivity index (χ4v) is 1.98. The summed E-state index contributed by atoms with van der Waals surface area (Å²) < 4.78 is 28.3. The highest BCUT2D eigenvalue weighted by molar-refractivity contribution is 7.90. The van der Waals surface area contributed by atoms with E-state index in [-0.39, 0.29) is 0 Å². The predicted octanol–water partition coefficient (Wildman–Crippen LogP) is -2.59. The summed E-state index contributed by atoms with van der Waals surface area (Å²) in [4.78, 5) is 31.8. The first-order chi connectivity index (χ1) is 7.68. The molecule has 0 aliphatic carbocycles. The standard InChI is InChI=1S/C7H12N2O7S/c1-16-6(11)3-17(14,15)9-4(7(12)13)2-5(8)10/h4,9H,2-3H2,1H3,(H2,8,10)(H,12,13). The van der Waals surface area contributed by atoms with Gasteiger partial charge in [-0.2, -0.15) is 4.72 Å². The van der Waals surface area contributed by atoms with Gasteiger partial charge < -0.3 is 15.6 Å². The number of hydrogen-bond acceptors (Lipinski definition) is 6. The van der Waals surface area contributed by atoms with Crippen LogP contribution in [0.2, 0.25) is 0 Å². The number of nitrogens with one attached hydrogen (secondary N) is 1. The highest BCUT2D eigenvalue weighted by Crippen LogP contribution is 1.97. The number of carbonyl (C=O) groups excluding carboxylic acids is 2. The second kappa shape index (κ2) is 6.15. The van der Waals surface area contributed by atoms with Crippen LogP contribution in [0.1, 0.15) is 6.42 Å². The van der Waals surface area contributed by atoms with E-state index >= 15 is 0 Å². The molecule has 0 aromatic rings. The van der Waals surface area contributed by atoms with Crippen molar-refractivity contribution >= 4 is 27.9 Å². The molecule has 0 aliphatic heterocycles. The second-order valence-electron chi connectivity index (χ2n) is 3.01. The first-order valence-corrected chi connectivity index (χ1v) is 5.91. The van der Waals surface area contributed by atoms with E-state index in [0.29, 0.717) is 0 Å². The maximum absolute atomic E-state index is 11.3. The fourth-order valence-electron chi connectivity index (χ4n) is 0.853. The largest absolute Gasteiger partial charge is 0.480 e. The number of esters is 1.